The quantitative estimate of drug-likeness (QED) is 0.741. The molecule has 0 saturated carbocycles. The van der Waals surface area contributed by atoms with Crippen LogP contribution in [0.5, 0.6) is 5.75 Å². The Morgan fingerprint density at radius 1 is 1.14 bits per heavy atom. The lowest BCUT2D eigenvalue weighted by atomic mass is 10.2. The summed E-state index contributed by atoms with van der Waals surface area (Å²) in [5.41, 5.74) is 9.71. The molecule has 0 aliphatic heterocycles. The molecule has 0 fully saturated rings. The van der Waals surface area contributed by atoms with E-state index < -0.39 is 0 Å². The molecule has 1 heterocycles. The van der Waals surface area contributed by atoms with Crippen molar-refractivity contribution in [2.24, 2.45) is 0 Å². The number of fused-ring (bicyclic) bond motifs is 1. The SMILES string of the molecule is COc1ccc2c(c1)nc(-c1cccc(N)c1)n2C(C)C. The molecule has 3 rings (SSSR count). The highest BCUT2D eigenvalue weighted by Gasteiger charge is 2.15. The van der Waals surface area contributed by atoms with E-state index in [1.165, 1.54) is 0 Å². The summed E-state index contributed by atoms with van der Waals surface area (Å²) in [6.45, 7) is 4.31. The Labute approximate surface area is 124 Å². The van der Waals surface area contributed by atoms with E-state index in [4.69, 9.17) is 15.5 Å². The number of imidazole rings is 1. The molecular formula is C17H19N3O. The third-order valence-corrected chi connectivity index (χ3v) is 3.56. The highest BCUT2D eigenvalue weighted by molar-refractivity contribution is 5.82. The number of ether oxygens (including phenoxy) is 1. The van der Waals surface area contributed by atoms with Crippen LogP contribution in [0, 0.1) is 0 Å². The molecular weight excluding hydrogens is 262 g/mol. The maximum Gasteiger partial charge on any atom is 0.141 e. The van der Waals surface area contributed by atoms with Gasteiger partial charge in [-0.05, 0) is 38.1 Å². The van der Waals surface area contributed by atoms with Crippen LogP contribution in [-0.4, -0.2) is 16.7 Å². The van der Waals surface area contributed by atoms with E-state index in [1.54, 1.807) is 7.11 Å². The predicted octanol–water partition coefficient (Wildman–Crippen LogP) is 3.88. The third-order valence-electron chi connectivity index (χ3n) is 3.56. The second-order valence-electron chi connectivity index (χ2n) is 5.38. The van der Waals surface area contributed by atoms with Crippen molar-refractivity contribution in [3.63, 3.8) is 0 Å². The topological polar surface area (TPSA) is 53.1 Å². The lowest BCUT2D eigenvalue weighted by Gasteiger charge is -2.13. The van der Waals surface area contributed by atoms with E-state index in [9.17, 15) is 0 Å². The molecule has 0 spiro atoms. The molecule has 0 aliphatic rings. The molecule has 4 nitrogen and oxygen atoms in total. The molecule has 0 saturated heterocycles. The van der Waals surface area contributed by atoms with Gasteiger partial charge < -0.3 is 15.0 Å². The summed E-state index contributed by atoms with van der Waals surface area (Å²) >= 11 is 0. The van der Waals surface area contributed by atoms with Crippen LogP contribution >= 0.6 is 0 Å². The van der Waals surface area contributed by atoms with Crippen LogP contribution in [0.4, 0.5) is 5.69 Å². The van der Waals surface area contributed by atoms with Crippen molar-refractivity contribution in [1.29, 1.82) is 0 Å². The smallest absolute Gasteiger partial charge is 0.141 e. The van der Waals surface area contributed by atoms with E-state index in [-0.39, 0.29) is 0 Å². The van der Waals surface area contributed by atoms with Gasteiger partial charge in [-0.15, -0.1) is 0 Å². The van der Waals surface area contributed by atoms with Gasteiger partial charge in [0.1, 0.15) is 11.6 Å². The second-order valence-corrected chi connectivity index (χ2v) is 5.38. The second kappa shape index (κ2) is 5.13. The van der Waals surface area contributed by atoms with Crippen LogP contribution in [0.3, 0.4) is 0 Å². The number of nitrogens with zero attached hydrogens (tertiary/aromatic N) is 2. The minimum Gasteiger partial charge on any atom is -0.497 e. The molecule has 0 aliphatic carbocycles. The van der Waals surface area contributed by atoms with Crippen molar-refractivity contribution in [2.45, 2.75) is 19.9 Å². The zero-order chi connectivity index (χ0) is 15.0. The number of anilines is 1. The minimum atomic E-state index is 0.305. The Morgan fingerprint density at radius 3 is 2.62 bits per heavy atom. The molecule has 1 aromatic heterocycles. The van der Waals surface area contributed by atoms with Crippen molar-refractivity contribution in [3.05, 3.63) is 42.5 Å². The predicted molar refractivity (Wildman–Crippen MR) is 86.5 cm³/mol. The first-order valence-corrected chi connectivity index (χ1v) is 7.02. The van der Waals surface area contributed by atoms with Crippen molar-refractivity contribution in [2.75, 3.05) is 12.8 Å². The van der Waals surface area contributed by atoms with Gasteiger partial charge in [-0.3, -0.25) is 0 Å². The minimum absolute atomic E-state index is 0.305. The number of aromatic nitrogens is 2. The molecule has 21 heavy (non-hydrogen) atoms. The maximum absolute atomic E-state index is 5.90. The summed E-state index contributed by atoms with van der Waals surface area (Å²) in [5, 5.41) is 0. The van der Waals surface area contributed by atoms with E-state index in [0.717, 1.165) is 33.9 Å². The third kappa shape index (κ3) is 2.33. The normalized spacial score (nSPS) is 11.2. The van der Waals surface area contributed by atoms with Crippen LogP contribution < -0.4 is 10.5 Å². The van der Waals surface area contributed by atoms with E-state index in [0.29, 0.717) is 6.04 Å². The first kappa shape index (κ1) is 13.5. The number of nitrogens with two attached hydrogens (primary N) is 1. The van der Waals surface area contributed by atoms with Gasteiger partial charge in [0.2, 0.25) is 0 Å². The first-order valence-electron chi connectivity index (χ1n) is 7.02. The summed E-state index contributed by atoms with van der Waals surface area (Å²) in [6.07, 6.45) is 0. The van der Waals surface area contributed by atoms with Gasteiger partial charge in [0.15, 0.2) is 0 Å². The molecule has 4 heteroatoms. The van der Waals surface area contributed by atoms with Gasteiger partial charge in [0, 0.05) is 23.4 Å². The van der Waals surface area contributed by atoms with Gasteiger partial charge in [-0.2, -0.15) is 0 Å². The standard InChI is InChI=1S/C17H19N3O/c1-11(2)20-16-8-7-14(21-3)10-15(16)19-17(20)12-5-4-6-13(18)9-12/h4-11H,18H2,1-3H3. The van der Waals surface area contributed by atoms with Crippen LogP contribution in [0.1, 0.15) is 19.9 Å². The Bertz CT molecular complexity index is 790. The van der Waals surface area contributed by atoms with E-state index in [2.05, 4.69) is 24.5 Å². The van der Waals surface area contributed by atoms with Crippen molar-refractivity contribution >= 4 is 16.7 Å². The van der Waals surface area contributed by atoms with Crippen molar-refractivity contribution in [3.8, 4) is 17.1 Å². The zero-order valence-corrected chi connectivity index (χ0v) is 12.5. The Hall–Kier alpha value is -2.49. The summed E-state index contributed by atoms with van der Waals surface area (Å²) in [6, 6.07) is 14.1. The van der Waals surface area contributed by atoms with Crippen LogP contribution in [0.2, 0.25) is 0 Å². The molecule has 0 amide bonds. The van der Waals surface area contributed by atoms with Gasteiger partial charge in [0.05, 0.1) is 18.1 Å². The Morgan fingerprint density at radius 2 is 1.95 bits per heavy atom. The fourth-order valence-electron chi connectivity index (χ4n) is 2.61. The fraction of sp³-hybridized carbons (Fsp3) is 0.235. The van der Waals surface area contributed by atoms with Gasteiger partial charge in [-0.1, -0.05) is 12.1 Å². The number of hydrogen-bond donors (Lipinski definition) is 1. The fourth-order valence-corrected chi connectivity index (χ4v) is 2.61. The highest BCUT2D eigenvalue weighted by Crippen LogP contribution is 2.30. The lowest BCUT2D eigenvalue weighted by molar-refractivity contribution is 0.415. The van der Waals surface area contributed by atoms with E-state index in [1.807, 2.05) is 36.4 Å². The largest absolute Gasteiger partial charge is 0.497 e. The maximum atomic E-state index is 5.90. The van der Waals surface area contributed by atoms with Crippen LogP contribution in [-0.2, 0) is 0 Å². The summed E-state index contributed by atoms with van der Waals surface area (Å²) in [7, 11) is 1.67. The molecule has 0 unspecified atom stereocenters. The molecule has 0 atom stereocenters. The number of hydrogen-bond acceptors (Lipinski definition) is 3. The van der Waals surface area contributed by atoms with Crippen molar-refractivity contribution in [1.82, 2.24) is 9.55 Å². The van der Waals surface area contributed by atoms with E-state index >= 15 is 0 Å². The van der Waals surface area contributed by atoms with Crippen LogP contribution in [0.15, 0.2) is 42.5 Å². The molecule has 108 valence electrons. The van der Waals surface area contributed by atoms with Gasteiger partial charge in [0.25, 0.3) is 0 Å². The average Bonchev–Trinajstić information content (AvgIpc) is 2.85. The van der Waals surface area contributed by atoms with Gasteiger partial charge in [-0.25, -0.2) is 4.98 Å². The number of rotatable bonds is 3. The number of nitrogen functional groups attached to an aromatic ring is 1. The van der Waals surface area contributed by atoms with Gasteiger partial charge >= 0.3 is 0 Å². The Balaban J connectivity index is 2.28. The van der Waals surface area contributed by atoms with Crippen LogP contribution in [0.25, 0.3) is 22.4 Å². The Kier molecular flexibility index (Phi) is 3.29. The summed E-state index contributed by atoms with van der Waals surface area (Å²) in [5.74, 6) is 1.75. The number of benzene rings is 2. The molecule has 0 bridgehead atoms. The molecule has 3 aromatic rings. The number of methoxy groups -OCH3 is 1. The highest BCUT2D eigenvalue weighted by atomic mass is 16.5. The summed E-state index contributed by atoms with van der Waals surface area (Å²) < 4.78 is 7.51. The molecule has 0 radical (unpaired) electrons. The molecule has 2 N–H and O–H groups in total. The van der Waals surface area contributed by atoms with Crippen molar-refractivity contribution < 1.29 is 4.74 Å². The average molecular weight is 281 g/mol. The lowest BCUT2D eigenvalue weighted by Crippen LogP contribution is -2.03. The molecule has 2 aromatic carbocycles. The first-order chi connectivity index (χ1) is 10.1. The monoisotopic (exact) mass is 281 g/mol. The summed E-state index contributed by atoms with van der Waals surface area (Å²) in [4.78, 5) is 4.78. The zero-order valence-electron chi connectivity index (χ0n) is 12.5.